The SMILES string of the molecule is CC(C)c1[nH]c(=O)sc1CN1CCCCC1. The number of hydrogen-bond donors (Lipinski definition) is 1. The van der Waals surface area contributed by atoms with Crippen LogP contribution in [0.25, 0.3) is 0 Å². The van der Waals surface area contributed by atoms with Crippen LogP contribution in [0.15, 0.2) is 4.79 Å². The average molecular weight is 240 g/mol. The smallest absolute Gasteiger partial charge is 0.304 e. The van der Waals surface area contributed by atoms with Gasteiger partial charge in [-0.25, -0.2) is 0 Å². The number of H-pyrrole nitrogens is 1. The van der Waals surface area contributed by atoms with Crippen molar-refractivity contribution in [2.24, 2.45) is 0 Å². The lowest BCUT2D eigenvalue weighted by atomic mass is 10.1. The van der Waals surface area contributed by atoms with Crippen molar-refractivity contribution < 1.29 is 0 Å². The van der Waals surface area contributed by atoms with Gasteiger partial charge in [0.15, 0.2) is 0 Å². The molecule has 1 aliphatic rings. The van der Waals surface area contributed by atoms with Gasteiger partial charge < -0.3 is 4.98 Å². The van der Waals surface area contributed by atoms with Crippen LogP contribution in [0.1, 0.15) is 49.6 Å². The van der Waals surface area contributed by atoms with Crippen LogP contribution in [0.4, 0.5) is 0 Å². The van der Waals surface area contributed by atoms with Crippen molar-refractivity contribution in [3.8, 4) is 0 Å². The second kappa shape index (κ2) is 5.15. The minimum atomic E-state index is 0.0932. The standard InChI is InChI=1S/C12H20N2OS/c1-9(2)11-10(16-12(15)13-11)8-14-6-4-3-5-7-14/h9H,3-8H2,1-2H3,(H,13,15). The van der Waals surface area contributed by atoms with E-state index in [9.17, 15) is 4.79 Å². The Morgan fingerprint density at radius 3 is 2.62 bits per heavy atom. The molecule has 90 valence electrons. The van der Waals surface area contributed by atoms with Gasteiger partial charge in [0.1, 0.15) is 0 Å². The first kappa shape index (κ1) is 11.9. The first-order chi connectivity index (χ1) is 7.66. The third-order valence-corrected chi connectivity index (χ3v) is 4.03. The topological polar surface area (TPSA) is 36.1 Å². The van der Waals surface area contributed by atoms with Crippen molar-refractivity contribution in [3.63, 3.8) is 0 Å². The lowest BCUT2D eigenvalue weighted by molar-refractivity contribution is 0.222. The Balaban J connectivity index is 2.10. The molecular weight excluding hydrogens is 220 g/mol. The number of nitrogens with one attached hydrogen (secondary N) is 1. The minimum absolute atomic E-state index is 0.0932. The van der Waals surface area contributed by atoms with E-state index in [1.165, 1.54) is 48.6 Å². The number of aromatic nitrogens is 1. The molecule has 1 aliphatic heterocycles. The van der Waals surface area contributed by atoms with Gasteiger partial charge in [0.2, 0.25) is 0 Å². The van der Waals surface area contributed by atoms with E-state index in [1.54, 1.807) is 0 Å². The second-order valence-electron chi connectivity index (χ2n) is 4.84. The highest BCUT2D eigenvalue weighted by atomic mass is 32.1. The molecule has 2 rings (SSSR count). The Kier molecular flexibility index (Phi) is 3.82. The Morgan fingerprint density at radius 2 is 2.00 bits per heavy atom. The fraction of sp³-hybridized carbons (Fsp3) is 0.750. The van der Waals surface area contributed by atoms with E-state index in [2.05, 4.69) is 23.7 Å². The van der Waals surface area contributed by atoms with E-state index in [0.29, 0.717) is 5.92 Å². The molecule has 1 saturated heterocycles. The molecule has 0 unspecified atom stereocenters. The van der Waals surface area contributed by atoms with Gasteiger partial charge in [-0.1, -0.05) is 31.6 Å². The molecule has 1 fully saturated rings. The third-order valence-electron chi connectivity index (χ3n) is 3.15. The summed E-state index contributed by atoms with van der Waals surface area (Å²) < 4.78 is 0. The normalized spacial score (nSPS) is 18.2. The molecule has 3 nitrogen and oxygen atoms in total. The highest BCUT2D eigenvalue weighted by molar-refractivity contribution is 7.09. The number of nitrogens with zero attached hydrogens (tertiary/aromatic N) is 1. The predicted molar refractivity (Wildman–Crippen MR) is 68.2 cm³/mol. The minimum Gasteiger partial charge on any atom is -0.316 e. The van der Waals surface area contributed by atoms with Gasteiger partial charge in [-0.2, -0.15) is 0 Å². The number of aromatic amines is 1. The van der Waals surface area contributed by atoms with E-state index in [0.717, 1.165) is 12.2 Å². The van der Waals surface area contributed by atoms with Gasteiger partial charge in [-0.05, 0) is 31.8 Å². The predicted octanol–water partition coefficient (Wildman–Crippen LogP) is 2.55. The summed E-state index contributed by atoms with van der Waals surface area (Å²) in [5, 5.41) is 0. The number of piperidine rings is 1. The van der Waals surface area contributed by atoms with E-state index >= 15 is 0 Å². The Morgan fingerprint density at radius 1 is 1.31 bits per heavy atom. The summed E-state index contributed by atoms with van der Waals surface area (Å²) in [5.41, 5.74) is 1.14. The van der Waals surface area contributed by atoms with Crippen molar-refractivity contribution in [3.05, 3.63) is 20.2 Å². The van der Waals surface area contributed by atoms with Gasteiger partial charge in [0.25, 0.3) is 0 Å². The highest BCUT2D eigenvalue weighted by Gasteiger charge is 2.16. The first-order valence-corrected chi connectivity index (χ1v) is 6.92. The highest BCUT2D eigenvalue weighted by Crippen LogP contribution is 2.22. The van der Waals surface area contributed by atoms with Gasteiger partial charge in [-0.15, -0.1) is 0 Å². The van der Waals surface area contributed by atoms with E-state index in [4.69, 9.17) is 0 Å². The molecule has 0 atom stereocenters. The van der Waals surface area contributed by atoms with Crippen LogP contribution in [-0.2, 0) is 6.54 Å². The number of likely N-dealkylation sites (tertiary alicyclic amines) is 1. The first-order valence-electron chi connectivity index (χ1n) is 6.11. The zero-order valence-electron chi connectivity index (χ0n) is 10.1. The molecule has 4 heteroatoms. The molecule has 0 radical (unpaired) electrons. The quantitative estimate of drug-likeness (QED) is 0.881. The van der Waals surface area contributed by atoms with Gasteiger partial charge >= 0.3 is 4.87 Å². The van der Waals surface area contributed by atoms with Crippen molar-refractivity contribution >= 4 is 11.3 Å². The fourth-order valence-corrected chi connectivity index (χ4v) is 3.31. The van der Waals surface area contributed by atoms with Crippen molar-refractivity contribution in [1.29, 1.82) is 0 Å². The lowest BCUT2D eigenvalue weighted by Crippen LogP contribution is -2.29. The maximum absolute atomic E-state index is 11.4. The van der Waals surface area contributed by atoms with Crippen LogP contribution < -0.4 is 4.87 Å². The molecule has 1 aromatic rings. The maximum atomic E-state index is 11.4. The van der Waals surface area contributed by atoms with Crippen LogP contribution in [0, 0.1) is 0 Å². The Labute approximate surface area is 100 Å². The molecule has 0 saturated carbocycles. The summed E-state index contributed by atoms with van der Waals surface area (Å²) in [6.07, 6.45) is 3.96. The molecule has 0 spiro atoms. The van der Waals surface area contributed by atoms with Gasteiger partial charge in [-0.3, -0.25) is 9.69 Å². The molecule has 2 heterocycles. The third kappa shape index (κ3) is 2.74. The van der Waals surface area contributed by atoms with Crippen molar-refractivity contribution in [2.45, 2.75) is 45.6 Å². The van der Waals surface area contributed by atoms with Crippen LogP contribution in [0.3, 0.4) is 0 Å². The van der Waals surface area contributed by atoms with Gasteiger partial charge in [0, 0.05) is 17.1 Å². The van der Waals surface area contributed by atoms with Crippen molar-refractivity contribution in [2.75, 3.05) is 13.1 Å². The zero-order chi connectivity index (χ0) is 11.5. The summed E-state index contributed by atoms with van der Waals surface area (Å²) in [4.78, 5) is 18.2. The summed E-state index contributed by atoms with van der Waals surface area (Å²) in [6, 6.07) is 0. The molecule has 0 amide bonds. The van der Waals surface area contributed by atoms with Crippen LogP contribution >= 0.6 is 11.3 Å². The summed E-state index contributed by atoms with van der Waals surface area (Å²) in [7, 11) is 0. The zero-order valence-corrected chi connectivity index (χ0v) is 10.9. The molecular formula is C12H20N2OS. The summed E-state index contributed by atoms with van der Waals surface area (Å²) >= 11 is 1.38. The van der Waals surface area contributed by atoms with Crippen molar-refractivity contribution in [1.82, 2.24) is 9.88 Å². The van der Waals surface area contributed by atoms with E-state index in [-0.39, 0.29) is 4.87 Å². The average Bonchev–Trinajstić information content (AvgIpc) is 2.61. The van der Waals surface area contributed by atoms with E-state index < -0.39 is 0 Å². The molecule has 1 aromatic heterocycles. The Bertz CT molecular complexity index is 388. The lowest BCUT2D eigenvalue weighted by Gasteiger charge is -2.26. The fourth-order valence-electron chi connectivity index (χ4n) is 2.28. The molecule has 0 aromatic carbocycles. The van der Waals surface area contributed by atoms with Crippen LogP contribution in [0.2, 0.25) is 0 Å². The maximum Gasteiger partial charge on any atom is 0.304 e. The van der Waals surface area contributed by atoms with Gasteiger partial charge in [0.05, 0.1) is 0 Å². The summed E-state index contributed by atoms with van der Waals surface area (Å²) in [6.45, 7) is 7.60. The van der Waals surface area contributed by atoms with Crippen LogP contribution in [0.5, 0.6) is 0 Å². The molecule has 16 heavy (non-hydrogen) atoms. The second-order valence-corrected chi connectivity index (χ2v) is 5.91. The molecule has 1 N–H and O–H groups in total. The summed E-state index contributed by atoms with van der Waals surface area (Å²) in [5.74, 6) is 0.416. The van der Waals surface area contributed by atoms with E-state index in [1.807, 2.05) is 0 Å². The number of rotatable bonds is 3. The largest absolute Gasteiger partial charge is 0.316 e. The van der Waals surface area contributed by atoms with Crippen LogP contribution in [-0.4, -0.2) is 23.0 Å². The monoisotopic (exact) mass is 240 g/mol. The molecule has 0 bridgehead atoms. The number of hydrogen-bond acceptors (Lipinski definition) is 3. The molecule has 0 aliphatic carbocycles. The Hall–Kier alpha value is -0.610. The number of thiazole rings is 1.